The predicted molar refractivity (Wildman–Crippen MR) is 72.1 cm³/mol. The van der Waals surface area contributed by atoms with Gasteiger partial charge in [-0.1, -0.05) is 19.4 Å². The summed E-state index contributed by atoms with van der Waals surface area (Å²) in [5.74, 6) is 1.94. The Morgan fingerprint density at radius 1 is 1.53 bits per heavy atom. The normalized spacial score (nSPS) is 22.5. The van der Waals surface area contributed by atoms with Gasteiger partial charge in [-0.25, -0.2) is 4.98 Å². The van der Waals surface area contributed by atoms with Gasteiger partial charge < -0.3 is 10.6 Å². The van der Waals surface area contributed by atoms with Crippen molar-refractivity contribution >= 4 is 5.82 Å². The van der Waals surface area contributed by atoms with Gasteiger partial charge in [0.25, 0.3) is 0 Å². The van der Waals surface area contributed by atoms with Crippen LogP contribution in [0, 0.1) is 5.92 Å². The van der Waals surface area contributed by atoms with Crippen LogP contribution in [-0.4, -0.2) is 18.1 Å². The zero-order valence-corrected chi connectivity index (χ0v) is 10.9. The lowest BCUT2D eigenvalue weighted by Gasteiger charge is -2.33. The molecule has 0 aliphatic carbocycles. The summed E-state index contributed by atoms with van der Waals surface area (Å²) >= 11 is 0. The Bertz CT molecular complexity index is 345. The minimum Gasteiger partial charge on any atom is -0.356 e. The molecule has 3 nitrogen and oxygen atoms in total. The molecule has 1 unspecified atom stereocenters. The van der Waals surface area contributed by atoms with E-state index in [-0.39, 0.29) is 6.04 Å². The molecule has 0 saturated carbocycles. The van der Waals surface area contributed by atoms with Crippen molar-refractivity contribution in [3.63, 3.8) is 0 Å². The zero-order chi connectivity index (χ0) is 12.3. The number of rotatable bonds is 3. The summed E-state index contributed by atoms with van der Waals surface area (Å²) in [6.07, 6.45) is 5.84. The molecular weight excluding hydrogens is 210 g/mol. The number of nitrogens with two attached hydrogens (primary N) is 1. The number of nitrogens with zero attached hydrogens (tertiary/aromatic N) is 2. The highest BCUT2D eigenvalue weighted by Crippen LogP contribution is 2.23. The Labute approximate surface area is 104 Å². The molecule has 1 aromatic rings. The van der Waals surface area contributed by atoms with E-state index in [0.29, 0.717) is 0 Å². The van der Waals surface area contributed by atoms with E-state index in [1.807, 2.05) is 13.1 Å². The zero-order valence-electron chi connectivity index (χ0n) is 10.9. The van der Waals surface area contributed by atoms with Crippen molar-refractivity contribution in [2.75, 3.05) is 18.0 Å². The minimum absolute atomic E-state index is 0.0706. The first-order chi connectivity index (χ1) is 8.20. The van der Waals surface area contributed by atoms with Crippen molar-refractivity contribution in [1.82, 2.24) is 4.98 Å². The molecule has 2 rings (SSSR count). The quantitative estimate of drug-likeness (QED) is 0.873. The lowest BCUT2D eigenvalue weighted by molar-refractivity contribution is 0.403. The molecule has 1 aromatic heterocycles. The molecule has 2 N–H and O–H groups in total. The standard InChI is InChI=1S/C14H23N3/c1-3-12-5-4-8-17(10-12)14-7-6-13(9-16-14)11(2)15/h6-7,9,11-12H,3-5,8,10,15H2,1-2H3/t11-,12?/m1/s1. The summed E-state index contributed by atoms with van der Waals surface area (Å²) < 4.78 is 0. The summed E-state index contributed by atoms with van der Waals surface area (Å²) in [6, 6.07) is 4.28. The molecular formula is C14H23N3. The third-order valence-corrected chi connectivity index (χ3v) is 3.72. The Morgan fingerprint density at radius 2 is 2.35 bits per heavy atom. The lowest BCUT2D eigenvalue weighted by atomic mass is 9.96. The third kappa shape index (κ3) is 2.97. The molecule has 1 saturated heterocycles. The molecule has 0 amide bonds. The van der Waals surface area contributed by atoms with Crippen LogP contribution in [0.25, 0.3) is 0 Å². The highest BCUT2D eigenvalue weighted by molar-refractivity contribution is 5.40. The summed E-state index contributed by atoms with van der Waals surface area (Å²) in [6.45, 7) is 6.56. The van der Waals surface area contributed by atoms with E-state index >= 15 is 0 Å². The van der Waals surface area contributed by atoms with Gasteiger partial charge in [-0.3, -0.25) is 0 Å². The van der Waals surface area contributed by atoms with Crippen molar-refractivity contribution < 1.29 is 0 Å². The fraction of sp³-hybridized carbons (Fsp3) is 0.643. The van der Waals surface area contributed by atoms with E-state index in [2.05, 4.69) is 28.9 Å². The van der Waals surface area contributed by atoms with Crippen LogP contribution in [0.5, 0.6) is 0 Å². The predicted octanol–water partition coefficient (Wildman–Crippen LogP) is 2.73. The number of pyridine rings is 1. The first kappa shape index (κ1) is 12.4. The topological polar surface area (TPSA) is 42.1 Å². The molecule has 1 aliphatic rings. The van der Waals surface area contributed by atoms with Gasteiger partial charge >= 0.3 is 0 Å². The molecule has 0 bridgehead atoms. The second-order valence-corrected chi connectivity index (χ2v) is 5.10. The molecule has 2 heterocycles. The first-order valence-corrected chi connectivity index (χ1v) is 6.67. The van der Waals surface area contributed by atoms with Crippen LogP contribution in [-0.2, 0) is 0 Å². The van der Waals surface area contributed by atoms with Crippen molar-refractivity contribution in [3.05, 3.63) is 23.9 Å². The fourth-order valence-electron chi connectivity index (χ4n) is 2.46. The molecule has 0 spiro atoms. The Morgan fingerprint density at radius 3 is 2.94 bits per heavy atom. The SMILES string of the molecule is CCC1CCCN(c2ccc([C@@H](C)N)cn2)C1. The van der Waals surface area contributed by atoms with Crippen LogP contribution in [0.3, 0.4) is 0 Å². The summed E-state index contributed by atoms with van der Waals surface area (Å²) in [4.78, 5) is 6.94. The van der Waals surface area contributed by atoms with Crippen LogP contribution >= 0.6 is 0 Å². The maximum Gasteiger partial charge on any atom is 0.128 e. The van der Waals surface area contributed by atoms with E-state index in [1.165, 1.54) is 19.3 Å². The maximum absolute atomic E-state index is 5.83. The van der Waals surface area contributed by atoms with Gasteiger partial charge in [-0.15, -0.1) is 0 Å². The van der Waals surface area contributed by atoms with E-state index < -0.39 is 0 Å². The van der Waals surface area contributed by atoms with Crippen molar-refractivity contribution in [2.24, 2.45) is 11.7 Å². The smallest absolute Gasteiger partial charge is 0.128 e. The Hall–Kier alpha value is -1.09. The number of anilines is 1. The number of piperidine rings is 1. The summed E-state index contributed by atoms with van der Waals surface area (Å²) in [7, 11) is 0. The first-order valence-electron chi connectivity index (χ1n) is 6.67. The average Bonchev–Trinajstić information content (AvgIpc) is 2.39. The molecule has 17 heavy (non-hydrogen) atoms. The van der Waals surface area contributed by atoms with E-state index in [9.17, 15) is 0 Å². The molecule has 0 radical (unpaired) electrons. The van der Waals surface area contributed by atoms with E-state index in [0.717, 1.165) is 30.4 Å². The lowest BCUT2D eigenvalue weighted by Crippen LogP contribution is -2.35. The average molecular weight is 233 g/mol. The Kier molecular flexibility index (Phi) is 4.00. The van der Waals surface area contributed by atoms with Gasteiger partial charge in [0.05, 0.1) is 0 Å². The molecule has 1 fully saturated rings. The van der Waals surface area contributed by atoms with Crippen LogP contribution in [0.4, 0.5) is 5.82 Å². The summed E-state index contributed by atoms with van der Waals surface area (Å²) in [5.41, 5.74) is 6.94. The molecule has 94 valence electrons. The largest absolute Gasteiger partial charge is 0.356 e. The molecule has 2 atom stereocenters. The van der Waals surface area contributed by atoms with E-state index in [1.54, 1.807) is 0 Å². The van der Waals surface area contributed by atoms with Crippen LogP contribution in [0.15, 0.2) is 18.3 Å². The second-order valence-electron chi connectivity index (χ2n) is 5.10. The van der Waals surface area contributed by atoms with Crippen molar-refractivity contribution in [2.45, 2.75) is 39.2 Å². The molecule has 1 aliphatic heterocycles. The fourth-order valence-corrected chi connectivity index (χ4v) is 2.46. The maximum atomic E-state index is 5.83. The van der Waals surface area contributed by atoms with Crippen molar-refractivity contribution in [1.29, 1.82) is 0 Å². The molecule has 0 aromatic carbocycles. The number of hydrogen-bond donors (Lipinski definition) is 1. The highest BCUT2D eigenvalue weighted by atomic mass is 15.2. The number of hydrogen-bond acceptors (Lipinski definition) is 3. The summed E-state index contributed by atoms with van der Waals surface area (Å²) in [5, 5.41) is 0. The Balaban J connectivity index is 2.06. The minimum atomic E-state index is 0.0706. The molecule has 3 heteroatoms. The number of aromatic nitrogens is 1. The van der Waals surface area contributed by atoms with Gasteiger partial charge in [0.1, 0.15) is 5.82 Å². The van der Waals surface area contributed by atoms with Gasteiger partial charge in [0, 0.05) is 25.3 Å². The van der Waals surface area contributed by atoms with Crippen LogP contribution < -0.4 is 10.6 Å². The van der Waals surface area contributed by atoms with E-state index in [4.69, 9.17) is 5.73 Å². The van der Waals surface area contributed by atoms with Crippen molar-refractivity contribution in [3.8, 4) is 0 Å². The van der Waals surface area contributed by atoms with Crippen LogP contribution in [0.1, 0.15) is 44.7 Å². The van der Waals surface area contributed by atoms with Gasteiger partial charge in [0.15, 0.2) is 0 Å². The second kappa shape index (κ2) is 5.50. The third-order valence-electron chi connectivity index (χ3n) is 3.72. The van der Waals surface area contributed by atoms with Gasteiger partial charge in [0.2, 0.25) is 0 Å². The monoisotopic (exact) mass is 233 g/mol. The van der Waals surface area contributed by atoms with Crippen LogP contribution in [0.2, 0.25) is 0 Å². The van der Waals surface area contributed by atoms with Gasteiger partial charge in [-0.05, 0) is 37.3 Å². The highest BCUT2D eigenvalue weighted by Gasteiger charge is 2.19. The van der Waals surface area contributed by atoms with Gasteiger partial charge in [-0.2, -0.15) is 0 Å².